The summed E-state index contributed by atoms with van der Waals surface area (Å²) < 4.78 is 0. The van der Waals surface area contributed by atoms with Crippen molar-refractivity contribution in [2.24, 2.45) is 0 Å². The lowest BCUT2D eigenvalue weighted by Crippen LogP contribution is -2.23. The van der Waals surface area contributed by atoms with Crippen LogP contribution in [0.4, 0.5) is 0 Å². The first-order valence-electron chi connectivity index (χ1n) is 5.24. The molecule has 2 heterocycles. The first-order chi connectivity index (χ1) is 7.66. The fraction of sp³-hybridized carbons (Fsp3) is 0.333. The molecular formula is C12H14N2O2. The van der Waals surface area contributed by atoms with Gasteiger partial charge in [-0.15, -0.1) is 0 Å². The van der Waals surface area contributed by atoms with Crippen LogP contribution >= 0.6 is 0 Å². The van der Waals surface area contributed by atoms with Crippen molar-refractivity contribution >= 4 is 11.5 Å². The Labute approximate surface area is 94.2 Å². The van der Waals surface area contributed by atoms with Gasteiger partial charge in [0.1, 0.15) is 0 Å². The molecule has 1 N–H and O–H groups in total. The van der Waals surface area contributed by atoms with Crippen molar-refractivity contribution in [1.82, 2.24) is 9.88 Å². The molecule has 0 spiro atoms. The van der Waals surface area contributed by atoms with E-state index in [-0.39, 0.29) is 0 Å². The zero-order valence-corrected chi connectivity index (χ0v) is 9.18. The topological polar surface area (TPSA) is 53.4 Å². The Morgan fingerprint density at radius 1 is 1.56 bits per heavy atom. The maximum absolute atomic E-state index is 10.8. The summed E-state index contributed by atoms with van der Waals surface area (Å²) in [5.41, 5.74) is 2.22. The molecule has 0 bridgehead atoms. The van der Waals surface area contributed by atoms with E-state index in [1.165, 1.54) is 6.07 Å². The Balaban J connectivity index is 2.27. The number of aromatic nitrogens is 1. The fourth-order valence-corrected chi connectivity index (χ4v) is 1.74. The number of nitrogens with zero attached hydrogens (tertiary/aromatic N) is 2. The van der Waals surface area contributed by atoms with Gasteiger partial charge in [-0.2, -0.15) is 0 Å². The van der Waals surface area contributed by atoms with E-state index < -0.39 is 5.97 Å². The van der Waals surface area contributed by atoms with Gasteiger partial charge in [-0.25, -0.2) is 4.79 Å². The first-order valence-corrected chi connectivity index (χ1v) is 5.24. The number of carboxylic acid groups (broad SMARTS) is 1. The number of aromatic carboxylic acids is 1. The molecule has 1 aliphatic heterocycles. The van der Waals surface area contributed by atoms with Gasteiger partial charge >= 0.3 is 5.97 Å². The molecule has 84 valence electrons. The Bertz CT molecular complexity index is 440. The zero-order chi connectivity index (χ0) is 11.5. The van der Waals surface area contributed by atoms with Crippen LogP contribution in [-0.2, 0) is 0 Å². The molecule has 0 atom stereocenters. The minimum atomic E-state index is -0.905. The quantitative estimate of drug-likeness (QED) is 0.817. The van der Waals surface area contributed by atoms with E-state index in [0.29, 0.717) is 5.56 Å². The van der Waals surface area contributed by atoms with Crippen molar-refractivity contribution in [1.29, 1.82) is 0 Å². The predicted octanol–water partition coefficient (Wildman–Crippen LogP) is 1.50. The Morgan fingerprint density at radius 2 is 2.38 bits per heavy atom. The minimum absolute atomic E-state index is 0.296. The molecule has 1 aliphatic rings. The number of rotatable bonds is 2. The molecule has 0 radical (unpaired) electrons. The fourth-order valence-electron chi connectivity index (χ4n) is 1.74. The summed E-state index contributed by atoms with van der Waals surface area (Å²) in [6.07, 6.45) is 4.59. The number of pyridine rings is 1. The highest BCUT2D eigenvalue weighted by molar-refractivity contribution is 5.88. The van der Waals surface area contributed by atoms with Gasteiger partial charge in [-0.1, -0.05) is 6.08 Å². The number of carbonyl (C=O) groups is 1. The molecule has 0 fully saturated rings. The van der Waals surface area contributed by atoms with E-state index in [2.05, 4.69) is 23.0 Å². The van der Waals surface area contributed by atoms with Crippen LogP contribution in [0.1, 0.15) is 22.5 Å². The highest BCUT2D eigenvalue weighted by Crippen LogP contribution is 2.20. The van der Waals surface area contributed by atoms with Gasteiger partial charge in [0.15, 0.2) is 0 Å². The predicted molar refractivity (Wildman–Crippen MR) is 61.3 cm³/mol. The van der Waals surface area contributed by atoms with Crippen LogP contribution in [0.5, 0.6) is 0 Å². The standard InChI is InChI=1S/C12H14N2O2/c1-14-6-3-9(4-7-14)11-8-10(12(15)16)2-5-13-11/h2-3,5,8H,4,6-7H2,1H3,(H,15,16). The largest absolute Gasteiger partial charge is 0.478 e. The average molecular weight is 218 g/mol. The maximum atomic E-state index is 10.8. The SMILES string of the molecule is CN1CC=C(c2cc(C(=O)O)ccn2)CC1. The van der Waals surface area contributed by atoms with Gasteiger partial charge in [-0.05, 0) is 31.2 Å². The molecule has 0 unspecified atom stereocenters. The van der Waals surface area contributed by atoms with Crippen LogP contribution < -0.4 is 0 Å². The minimum Gasteiger partial charge on any atom is -0.478 e. The lowest BCUT2D eigenvalue weighted by Gasteiger charge is -2.21. The number of carboxylic acids is 1. The lowest BCUT2D eigenvalue weighted by molar-refractivity contribution is 0.0696. The van der Waals surface area contributed by atoms with Crippen molar-refractivity contribution < 1.29 is 9.90 Å². The summed E-state index contributed by atoms with van der Waals surface area (Å²) in [7, 11) is 2.06. The monoisotopic (exact) mass is 218 g/mol. The molecule has 2 rings (SSSR count). The van der Waals surface area contributed by atoms with E-state index in [9.17, 15) is 4.79 Å². The highest BCUT2D eigenvalue weighted by Gasteiger charge is 2.12. The molecule has 1 aromatic rings. The molecule has 0 amide bonds. The van der Waals surface area contributed by atoms with Gasteiger partial charge in [0, 0.05) is 19.3 Å². The normalized spacial score (nSPS) is 16.9. The van der Waals surface area contributed by atoms with E-state index >= 15 is 0 Å². The molecule has 1 aromatic heterocycles. The van der Waals surface area contributed by atoms with E-state index in [1.807, 2.05) is 0 Å². The van der Waals surface area contributed by atoms with Crippen LogP contribution in [0.3, 0.4) is 0 Å². The van der Waals surface area contributed by atoms with Crippen molar-refractivity contribution in [3.8, 4) is 0 Å². The van der Waals surface area contributed by atoms with Gasteiger partial charge < -0.3 is 10.0 Å². The third-order valence-electron chi connectivity index (χ3n) is 2.75. The molecule has 0 saturated carbocycles. The summed E-state index contributed by atoms with van der Waals surface area (Å²) in [6.45, 7) is 1.89. The third kappa shape index (κ3) is 2.28. The second kappa shape index (κ2) is 4.45. The Hall–Kier alpha value is -1.68. The van der Waals surface area contributed by atoms with Crippen LogP contribution in [-0.4, -0.2) is 41.1 Å². The number of hydrogen-bond acceptors (Lipinski definition) is 3. The molecule has 0 aromatic carbocycles. The van der Waals surface area contributed by atoms with Crippen LogP contribution in [0.2, 0.25) is 0 Å². The van der Waals surface area contributed by atoms with Crippen LogP contribution in [0.15, 0.2) is 24.4 Å². The third-order valence-corrected chi connectivity index (χ3v) is 2.75. The second-order valence-corrected chi connectivity index (χ2v) is 3.98. The van der Waals surface area contributed by atoms with Gasteiger partial charge in [-0.3, -0.25) is 4.98 Å². The smallest absolute Gasteiger partial charge is 0.335 e. The van der Waals surface area contributed by atoms with Crippen molar-refractivity contribution in [3.05, 3.63) is 35.7 Å². The number of likely N-dealkylation sites (N-methyl/N-ethyl adjacent to an activating group) is 1. The number of hydrogen-bond donors (Lipinski definition) is 1. The van der Waals surface area contributed by atoms with Crippen LogP contribution in [0, 0.1) is 0 Å². The maximum Gasteiger partial charge on any atom is 0.335 e. The van der Waals surface area contributed by atoms with Gasteiger partial charge in [0.25, 0.3) is 0 Å². The van der Waals surface area contributed by atoms with Crippen molar-refractivity contribution in [3.63, 3.8) is 0 Å². The van der Waals surface area contributed by atoms with Gasteiger partial charge in [0.05, 0.1) is 11.3 Å². The lowest BCUT2D eigenvalue weighted by atomic mass is 10.0. The molecule has 0 aliphatic carbocycles. The van der Waals surface area contributed by atoms with Crippen molar-refractivity contribution in [2.45, 2.75) is 6.42 Å². The summed E-state index contributed by atoms with van der Waals surface area (Å²) in [5, 5.41) is 8.89. The van der Waals surface area contributed by atoms with E-state index in [0.717, 1.165) is 30.8 Å². The van der Waals surface area contributed by atoms with Crippen molar-refractivity contribution in [2.75, 3.05) is 20.1 Å². The second-order valence-electron chi connectivity index (χ2n) is 3.98. The van der Waals surface area contributed by atoms with E-state index in [1.54, 1.807) is 12.3 Å². The summed E-state index contributed by atoms with van der Waals surface area (Å²) in [6, 6.07) is 3.15. The Morgan fingerprint density at radius 3 is 3.00 bits per heavy atom. The molecule has 4 heteroatoms. The van der Waals surface area contributed by atoms with Crippen LogP contribution in [0.25, 0.3) is 5.57 Å². The summed E-state index contributed by atoms with van der Waals surface area (Å²) in [4.78, 5) is 17.3. The highest BCUT2D eigenvalue weighted by atomic mass is 16.4. The molecular weight excluding hydrogens is 204 g/mol. The zero-order valence-electron chi connectivity index (χ0n) is 9.18. The van der Waals surface area contributed by atoms with Gasteiger partial charge in [0.2, 0.25) is 0 Å². The molecule has 0 saturated heterocycles. The van der Waals surface area contributed by atoms with E-state index in [4.69, 9.17) is 5.11 Å². The Kier molecular flexibility index (Phi) is 3.01. The average Bonchev–Trinajstić information content (AvgIpc) is 2.30. The summed E-state index contributed by atoms with van der Waals surface area (Å²) in [5.74, 6) is -0.905. The molecule has 4 nitrogen and oxygen atoms in total. The molecule has 16 heavy (non-hydrogen) atoms. The first kappa shape index (κ1) is 10.8. The summed E-state index contributed by atoms with van der Waals surface area (Å²) >= 11 is 0.